The fraction of sp³-hybridized carbons (Fsp3) is 0.208. The average molecular weight is 434 g/mol. The van der Waals surface area contributed by atoms with Crippen LogP contribution in [0.2, 0.25) is 0 Å². The van der Waals surface area contributed by atoms with Gasteiger partial charge in [-0.3, -0.25) is 9.59 Å². The lowest BCUT2D eigenvalue weighted by Crippen LogP contribution is -2.30. The van der Waals surface area contributed by atoms with Crippen molar-refractivity contribution >= 4 is 28.6 Å². The number of H-pyrrole nitrogens is 1. The molecule has 0 aliphatic rings. The first-order valence-electron chi connectivity index (χ1n) is 10.0. The number of furan rings is 1. The van der Waals surface area contributed by atoms with E-state index in [2.05, 4.69) is 15.3 Å². The molecule has 0 saturated heterocycles. The van der Waals surface area contributed by atoms with E-state index in [0.717, 1.165) is 16.5 Å². The minimum absolute atomic E-state index is 0.165. The van der Waals surface area contributed by atoms with Gasteiger partial charge in [0.15, 0.2) is 5.16 Å². The van der Waals surface area contributed by atoms with E-state index in [4.69, 9.17) is 4.42 Å². The van der Waals surface area contributed by atoms with Crippen LogP contribution in [-0.4, -0.2) is 22.1 Å². The summed E-state index contributed by atoms with van der Waals surface area (Å²) in [6.45, 7) is 1.80. The molecular weight excluding hydrogens is 410 g/mol. The third kappa shape index (κ3) is 4.72. The van der Waals surface area contributed by atoms with Gasteiger partial charge in [0.2, 0.25) is 5.91 Å². The van der Waals surface area contributed by atoms with Gasteiger partial charge in [0, 0.05) is 23.1 Å². The number of nitrogens with one attached hydrogen (secondary N) is 2. The van der Waals surface area contributed by atoms with Crippen LogP contribution in [0.15, 0.2) is 75.0 Å². The van der Waals surface area contributed by atoms with Crippen molar-refractivity contribution in [3.63, 3.8) is 0 Å². The van der Waals surface area contributed by atoms with Crippen molar-refractivity contribution in [2.24, 2.45) is 0 Å². The minimum Gasteiger partial charge on any atom is -0.459 e. The Morgan fingerprint density at radius 3 is 2.61 bits per heavy atom. The predicted molar refractivity (Wildman–Crippen MR) is 122 cm³/mol. The number of aryl methyl sites for hydroxylation is 1. The van der Waals surface area contributed by atoms with Gasteiger partial charge in [0.1, 0.15) is 17.4 Å². The van der Waals surface area contributed by atoms with Crippen LogP contribution in [0.1, 0.15) is 35.0 Å². The highest BCUT2D eigenvalue weighted by molar-refractivity contribution is 7.98. The molecule has 0 aliphatic carbocycles. The van der Waals surface area contributed by atoms with Gasteiger partial charge < -0.3 is 14.7 Å². The van der Waals surface area contributed by atoms with E-state index in [1.165, 1.54) is 11.8 Å². The molecule has 0 bridgehead atoms. The number of hydrogen-bond acceptors (Lipinski definition) is 5. The molecule has 0 aliphatic heterocycles. The lowest BCUT2D eigenvalue weighted by molar-refractivity contribution is -0.121. The monoisotopic (exact) mass is 433 g/mol. The number of carbonyl (C=O) groups excluding carboxylic acids is 1. The summed E-state index contributed by atoms with van der Waals surface area (Å²) in [6, 6.07) is 19.0. The third-order valence-electron chi connectivity index (χ3n) is 5.16. The maximum absolute atomic E-state index is 12.8. The molecule has 31 heavy (non-hydrogen) atoms. The molecule has 2 aromatic carbocycles. The van der Waals surface area contributed by atoms with Crippen molar-refractivity contribution < 1.29 is 9.21 Å². The maximum Gasteiger partial charge on any atom is 0.254 e. The fourth-order valence-corrected chi connectivity index (χ4v) is 3.98. The van der Waals surface area contributed by atoms with Crippen LogP contribution in [0, 0.1) is 6.92 Å². The fourth-order valence-electron chi connectivity index (χ4n) is 3.56. The second-order valence-electron chi connectivity index (χ2n) is 7.24. The first kappa shape index (κ1) is 20.9. The number of amides is 1. The van der Waals surface area contributed by atoms with Crippen molar-refractivity contribution in [2.45, 2.75) is 31.0 Å². The molecular formula is C24H23N3O3S. The summed E-state index contributed by atoms with van der Waals surface area (Å²) < 4.78 is 6.03. The lowest BCUT2D eigenvalue weighted by Gasteiger charge is -2.17. The molecule has 7 heteroatoms. The highest BCUT2D eigenvalue weighted by Crippen LogP contribution is 2.28. The van der Waals surface area contributed by atoms with E-state index in [9.17, 15) is 9.59 Å². The summed E-state index contributed by atoms with van der Waals surface area (Å²) in [5.74, 6) is 0.503. The third-order valence-corrected chi connectivity index (χ3v) is 5.74. The number of nitrogens with zero attached hydrogens (tertiary/aromatic N) is 1. The first-order chi connectivity index (χ1) is 15.0. The zero-order valence-corrected chi connectivity index (χ0v) is 18.2. The number of benzene rings is 2. The zero-order valence-electron chi connectivity index (χ0n) is 17.3. The number of aromatic nitrogens is 2. The Labute approximate surface area is 184 Å². The highest BCUT2D eigenvalue weighted by Gasteiger charge is 2.21. The Kier molecular flexibility index (Phi) is 6.23. The molecule has 6 nitrogen and oxygen atoms in total. The van der Waals surface area contributed by atoms with Crippen molar-refractivity contribution in [2.75, 3.05) is 6.26 Å². The van der Waals surface area contributed by atoms with Crippen molar-refractivity contribution in [3.05, 3.63) is 93.6 Å². The number of thioether (sulfide) groups is 1. The van der Waals surface area contributed by atoms with Crippen LogP contribution < -0.4 is 10.9 Å². The predicted octanol–water partition coefficient (Wildman–Crippen LogP) is 4.38. The normalized spacial score (nSPS) is 12.1. The Hall–Kier alpha value is -3.32. The van der Waals surface area contributed by atoms with Crippen molar-refractivity contribution in [3.8, 4) is 0 Å². The van der Waals surface area contributed by atoms with Crippen LogP contribution in [0.3, 0.4) is 0 Å². The van der Waals surface area contributed by atoms with Gasteiger partial charge in [0.05, 0.1) is 0 Å². The van der Waals surface area contributed by atoms with Crippen LogP contribution in [0.4, 0.5) is 0 Å². The smallest absolute Gasteiger partial charge is 0.254 e. The van der Waals surface area contributed by atoms with E-state index in [0.29, 0.717) is 28.6 Å². The molecule has 2 aromatic heterocycles. The number of aromatic amines is 1. The quantitative estimate of drug-likeness (QED) is 0.333. The largest absolute Gasteiger partial charge is 0.459 e. The molecule has 0 saturated carbocycles. The summed E-state index contributed by atoms with van der Waals surface area (Å²) in [7, 11) is 0. The first-order valence-corrected chi connectivity index (χ1v) is 11.2. The Balaban J connectivity index is 1.55. The van der Waals surface area contributed by atoms with Crippen molar-refractivity contribution in [1.29, 1.82) is 0 Å². The molecule has 0 fully saturated rings. The van der Waals surface area contributed by atoms with E-state index < -0.39 is 6.04 Å². The molecule has 1 atom stereocenters. The SMILES string of the molecule is CSc1nc(C)c(CCC(=O)NC(c2ccccc2)c2cc3ccccc3o2)c(=O)[nH]1. The van der Waals surface area contributed by atoms with Gasteiger partial charge in [-0.25, -0.2) is 4.98 Å². The molecule has 2 N–H and O–H groups in total. The summed E-state index contributed by atoms with van der Waals surface area (Å²) in [6.07, 6.45) is 2.34. The second kappa shape index (κ2) is 9.22. The number of rotatable bonds is 7. The lowest BCUT2D eigenvalue weighted by atomic mass is 10.0. The molecule has 0 radical (unpaired) electrons. The zero-order chi connectivity index (χ0) is 21.8. The molecule has 4 aromatic rings. The van der Waals surface area contributed by atoms with Gasteiger partial charge in [-0.15, -0.1) is 0 Å². The average Bonchev–Trinajstić information content (AvgIpc) is 3.21. The number of para-hydroxylation sites is 1. The van der Waals surface area contributed by atoms with E-state index >= 15 is 0 Å². The topological polar surface area (TPSA) is 88.0 Å². The second-order valence-corrected chi connectivity index (χ2v) is 8.03. The Morgan fingerprint density at radius 1 is 1.16 bits per heavy atom. The van der Waals surface area contributed by atoms with E-state index in [1.807, 2.05) is 66.9 Å². The molecule has 1 amide bonds. The van der Waals surface area contributed by atoms with Gasteiger partial charge in [-0.1, -0.05) is 60.3 Å². The number of hydrogen-bond donors (Lipinski definition) is 2. The van der Waals surface area contributed by atoms with Gasteiger partial charge in [-0.2, -0.15) is 0 Å². The summed E-state index contributed by atoms with van der Waals surface area (Å²) in [5.41, 5.74) is 2.69. The molecule has 4 rings (SSSR count). The summed E-state index contributed by atoms with van der Waals surface area (Å²) >= 11 is 1.38. The molecule has 0 spiro atoms. The van der Waals surface area contributed by atoms with Gasteiger partial charge >= 0.3 is 0 Å². The number of carbonyl (C=O) groups is 1. The van der Waals surface area contributed by atoms with Crippen LogP contribution in [-0.2, 0) is 11.2 Å². The maximum atomic E-state index is 12.8. The molecule has 1 unspecified atom stereocenters. The van der Waals surface area contributed by atoms with Gasteiger partial charge in [-0.05, 0) is 37.3 Å². The van der Waals surface area contributed by atoms with E-state index in [-0.39, 0.29) is 17.9 Å². The highest BCUT2D eigenvalue weighted by atomic mass is 32.2. The standard InChI is InChI=1S/C24H23N3O3S/c1-15-18(23(29)27-24(25-15)31-2)12-13-21(28)26-22(16-8-4-3-5-9-16)20-14-17-10-6-7-11-19(17)30-20/h3-11,14,22H,12-13H2,1-2H3,(H,26,28)(H,25,27,29). The number of fused-ring (bicyclic) bond motifs is 1. The van der Waals surface area contributed by atoms with E-state index in [1.54, 1.807) is 6.92 Å². The Morgan fingerprint density at radius 2 is 1.90 bits per heavy atom. The van der Waals surface area contributed by atoms with Crippen LogP contribution >= 0.6 is 11.8 Å². The van der Waals surface area contributed by atoms with Crippen molar-refractivity contribution in [1.82, 2.24) is 15.3 Å². The van der Waals surface area contributed by atoms with Crippen LogP contribution in [0.25, 0.3) is 11.0 Å². The summed E-state index contributed by atoms with van der Waals surface area (Å²) in [5, 5.41) is 4.63. The Bertz CT molecular complexity index is 1230. The molecule has 158 valence electrons. The minimum atomic E-state index is -0.419. The molecule has 2 heterocycles. The van der Waals surface area contributed by atoms with Gasteiger partial charge in [0.25, 0.3) is 5.56 Å². The summed E-state index contributed by atoms with van der Waals surface area (Å²) in [4.78, 5) is 32.3. The van der Waals surface area contributed by atoms with Crippen LogP contribution in [0.5, 0.6) is 0 Å².